The lowest BCUT2D eigenvalue weighted by Gasteiger charge is -2.20. The minimum Gasteiger partial charge on any atom is -0.399 e. The molecule has 1 fully saturated rings. The van der Waals surface area contributed by atoms with Crippen molar-refractivity contribution < 1.29 is 4.79 Å². The first-order valence-corrected chi connectivity index (χ1v) is 7.85. The number of benzene rings is 1. The maximum atomic E-state index is 12.0. The fourth-order valence-corrected chi connectivity index (χ4v) is 2.89. The number of carbonyl (C=O) groups excluding carboxylic acids is 1. The summed E-state index contributed by atoms with van der Waals surface area (Å²) in [4.78, 5) is 12.0. The third-order valence-corrected chi connectivity index (χ3v) is 4.16. The number of nitrogens with one attached hydrogen (secondary N) is 1. The number of hydrogen-bond donors (Lipinski definition) is 2. The highest BCUT2D eigenvalue weighted by Gasteiger charge is 2.12. The minimum atomic E-state index is 0. The zero-order chi connectivity index (χ0) is 14.2. The van der Waals surface area contributed by atoms with Crippen LogP contribution in [-0.4, -0.2) is 12.5 Å². The lowest BCUT2D eigenvalue weighted by molar-refractivity contribution is -0.120. The average molecular weight is 311 g/mol. The maximum absolute atomic E-state index is 12.0. The van der Waals surface area contributed by atoms with Crippen LogP contribution in [0.2, 0.25) is 0 Å². The first-order valence-electron chi connectivity index (χ1n) is 7.85. The van der Waals surface area contributed by atoms with E-state index in [-0.39, 0.29) is 18.3 Å². The first kappa shape index (κ1) is 17.8. The van der Waals surface area contributed by atoms with Crippen LogP contribution in [-0.2, 0) is 11.2 Å². The molecule has 3 nitrogen and oxygen atoms in total. The fourth-order valence-electron chi connectivity index (χ4n) is 2.89. The Morgan fingerprint density at radius 3 is 2.24 bits per heavy atom. The van der Waals surface area contributed by atoms with E-state index in [1.807, 2.05) is 24.3 Å². The van der Waals surface area contributed by atoms with E-state index in [0.717, 1.165) is 17.8 Å². The zero-order valence-electron chi connectivity index (χ0n) is 12.6. The largest absolute Gasteiger partial charge is 0.399 e. The van der Waals surface area contributed by atoms with Crippen molar-refractivity contribution in [2.24, 2.45) is 5.92 Å². The van der Waals surface area contributed by atoms with E-state index in [2.05, 4.69) is 5.32 Å². The summed E-state index contributed by atoms with van der Waals surface area (Å²) in [6, 6.07) is 7.53. The van der Waals surface area contributed by atoms with Crippen molar-refractivity contribution in [3.63, 3.8) is 0 Å². The quantitative estimate of drug-likeness (QED) is 0.833. The highest BCUT2D eigenvalue weighted by atomic mass is 35.5. The molecule has 0 unspecified atom stereocenters. The van der Waals surface area contributed by atoms with Crippen molar-refractivity contribution in [1.29, 1.82) is 0 Å². The topological polar surface area (TPSA) is 55.1 Å². The van der Waals surface area contributed by atoms with Crippen molar-refractivity contribution >= 4 is 24.0 Å². The molecule has 4 heteroatoms. The Labute approximate surface area is 134 Å². The highest BCUT2D eigenvalue weighted by molar-refractivity contribution is 5.85. The summed E-state index contributed by atoms with van der Waals surface area (Å²) in [5.74, 6) is 0.794. The van der Waals surface area contributed by atoms with E-state index in [1.165, 1.54) is 44.9 Å². The van der Waals surface area contributed by atoms with Crippen molar-refractivity contribution in [2.75, 3.05) is 12.3 Å². The molecule has 0 aromatic heterocycles. The van der Waals surface area contributed by atoms with Crippen LogP contribution in [0.4, 0.5) is 5.69 Å². The summed E-state index contributed by atoms with van der Waals surface area (Å²) in [5, 5.41) is 3.09. The van der Waals surface area contributed by atoms with Crippen LogP contribution in [0.25, 0.3) is 0 Å². The highest BCUT2D eigenvalue weighted by Crippen LogP contribution is 2.21. The fraction of sp³-hybridized carbons (Fsp3) is 0.588. The van der Waals surface area contributed by atoms with Crippen LogP contribution in [0, 0.1) is 5.92 Å². The van der Waals surface area contributed by atoms with Gasteiger partial charge in [-0.1, -0.05) is 44.2 Å². The summed E-state index contributed by atoms with van der Waals surface area (Å²) >= 11 is 0. The predicted octanol–water partition coefficient (Wildman–Crippen LogP) is 3.71. The molecular formula is C17H27ClN2O. The molecule has 3 N–H and O–H groups in total. The molecule has 0 radical (unpaired) electrons. The van der Waals surface area contributed by atoms with Gasteiger partial charge in [0.05, 0.1) is 6.42 Å². The Hall–Kier alpha value is -1.22. The Balaban J connectivity index is 0.00000220. The molecule has 0 atom stereocenters. The molecule has 1 amide bonds. The Morgan fingerprint density at radius 1 is 1.05 bits per heavy atom. The van der Waals surface area contributed by atoms with Gasteiger partial charge in [0.2, 0.25) is 5.91 Å². The number of rotatable bonds is 4. The van der Waals surface area contributed by atoms with Crippen molar-refractivity contribution in [1.82, 2.24) is 5.32 Å². The van der Waals surface area contributed by atoms with Gasteiger partial charge in [0, 0.05) is 12.2 Å². The molecule has 1 aromatic carbocycles. The molecule has 0 heterocycles. The molecular weight excluding hydrogens is 284 g/mol. The maximum Gasteiger partial charge on any atom is 0.224 e. The summed E-state index contributed by atoms with van der Waals surface area (Å²) in [6.45, 7) is 0.841. The molecule has 0 spiro atoms. The van der Waals surface area contributed by atoms with Gasteiger partial charge in [0.15, 0.2) is 0 Å². The van der Waals surface area contributed by atoms with Crippen LogP contribution in [0.5, 0.6) is 0 Å². The van der Waals surface area contributed by atoms with E-state index < -0.39 is 0 Å². The standard InChI is InChI=1S/C17H26N2O.ClH/c18-16-10-8-14(9-11-16)12-17(20)19-13-15-6-4-2-1-3-5-7-15;/h8-11,15H,1-7,12-13,18H2,(H,19,20);1H. The van der Waals surface area contributed by atoms with Gasteiger partial charge in [0.25, 0.3) is 0 Å². The Bertz CT molecular complexity index is 411. The molecule has 0 aliphatic heterocycles. The number of carbonyl (C=O) groups is 1. The molecule has 21 heavy (non-hydrogen) atoms. The number of anilines is 1. The molecule has 0 bridgehead atoms. The second-order valence-electron chi connectivity index (χ2n) is 5.93. The SMILES string of the molecule is Cl.Nc1ccc(CC(=O)NCC2CCCCCCC2)cc1. The lowest BCUT2D eigenvalue weighted by Crippen LogP contribution is -2.30. The normalized spacial score (nSPS) is 16.4. The molecule has 1 aromatic rings. The van der Waals surface area contributed by atoms with Gasteiger partial charge in [-0.05, 0) is 36.5 Å². The van der Waals surface area contributed by atoms with E-state index in [4.69, 9.17) is 5.73 Å². The summed E-state index contributed by atoms with van der Waals surface area (Å²) in [5.41, 5.74) is 7.40. The third-order valence-electron chi connectivity index (χ3n) is 4.16. The second kappa shape index (κ2) is 9.67. The molecule has 1 aliphatic carbocycles. The van der Waals surface area contributed by atoms with Gasteiger partial charge in [0.1, 0.15) is 0 Å². The van der Waals surface area contributed by atoms with Gasteiger partial charge < -0.3 is 11.1 Å². The molecule has 1 saturated carbocycles. The number of nitrogens with two attached hydrogens (primary N) is 1. The van der Waals surface area contributed by atoms with E-state index >= 15 is 0 Å². The van der Waals surface area contributed by atoms with Gasteiger partial charge in [-0.15, -0.1) is 12.4 Å². The van der Waals surface area contributed by atoms with Gasteiger partial charge >= 0.3 is 0 Å². The smallest absolute Gasteiger partial charge is 0.224 e. The molecule has 1 aliphatic rings. The van der Waals surface area contributed by atoms with E-state index in [1.54, 1.807) is 0 Å². The Kier molecular flexibility index (Phi) is 8.21. The third kappa shape index (κ3) is 6.85. The monoisotopic (exact) mass is 310 g/mol. The van der Waals surface area contributed by atoms with Gasteiger partial charge in [-0.25, -0.2) is 0 Å². The van der Waals surface area contributed by atoms with Crippen molar-refractivity contribution in [2.45, 2.75) is 51.4 Å². The van der Waals surface area contributed by atoms with Gasteiger partial charge in [-0.2, -0.15) is 0 Å². The number of halogens is 1. The molecule has 118 valence electrons. The number of amides is 1. The van der Waals surface area contributed by atoms with Crippen LogP contribution >= 0.6 is 12.4 Å². The van der Waals surface area contributed by atoms with Crippen molar-refractivity contribution in [3.8, 4) is 0 Å². The zero-order valence-corrected chi connectivity index (χ0v) is 13.5. The minimum absolute atomic E-state index is 0. The average Bonchev–Trinajstić information content (AvgIpc) is 2.40. The number of hydrogen-bond acceptors (Lipinski definition) is 2. The molecule has 2 rings (SSSR count). The summed E-state index contributed by atoms with van der Waals surface area (Å²) in [6.07, 6.45) is 9.72. The van der Waals surface area contributed by atoms with E-state index in [9.17, 15) is 4.79 Å². The van der Waals surface area contributed by atoms with Crippen LogP contribution in [0.3, 0.4) is 0 Å². The van der Waals surface area contributed by atoms with E-state index in [0.29, 0.717) is 12.3 Å². The van der Waals surface area contributed by atoms with Crippen molar-refractivity contribution in [3.05, 3.63) is 29.8 Å². The summed E-state index contributed by atoms with van der Waals surface area (Å²) < 4.78 is 0. The second-order valence-corrected chi connectivity index (χ2v) is 5.93. The Morgan fingerprint density at radius 2 is 1.62 bits per heavy atom. The number of nitrogen functional groups attached to an aromatic ring is 1. The first-order chi connectivity index (χ1) is 9.74. The van der Waals surface area contributed by atoms with Gasteiger partial charge in [-0.3, -0.25) is 4.79 Å². The van der Waals surface area contributed by atoms with Crippen LogP contribution < -0.4 is 11.1 Å². The van der Waals surface area contributed by atoms with Crippen LogP contribution in [0.1, 0.15) is 50.5 Å². The lowest BCUT2D eigenvalue weighted by atomic mass is 9.91. The predicted molar refractivity (Wildman–Crippen MR) is 90.6 cm³/mol. The van der Waals surface area contributed by atoms with Crippen LogP contribution in [0.15, 0.2) is 24.3 Å². The molecule has 0 saturated heterocycles. The summed E-state index contributed by atoms with van der Waals surface area (Å²) in [7, 11) is 0.